The fourth-order valence-corrected chi connectivity index (χ4v) is 6.60. The van der Waals surface area contributed by atoms with E-state index in [-0.39, 0.29) is 53.8 Å². The molecule has 208 valence electrons. The van der Waals surface area contributed by atoms with Crippen LogP contribution in [-0.2, 0) is 22.9 Å². The summed E-state index contributed by atoms with van der Waals surface area (Å²) in [5.74, 6) is -0.918. The third-order valence-electron chi connectivity index (χ3n) is 7.86. The minimum atomic E-state index is -4.10. The van der Waals surface area contributed by atoms with Crippen LogP contribution in [0.3, 0.4) is 0 Å². The maximum atomic E-state index is 13.1. The number of aromatic nitrogens is 1. The Morgan fingerprint density at radius 3 is 2.37 bits per heavy atom. The quantitative estimate of drug-likeness (QED) is 0.456. The molecule has 0 saturated heterocycles. The molecule has 4 rings (SSSR count). The first-order chi connectivity index (χ1) is 17.9. The number of amides is 1. The van der Waals surface area contributed by atoms with Gasteiger partial charge in [-0.3, -0.25) is 14.7 Å². The van der Waals surface area contributed by atoms with E-state index in [4.69, 9.17) is 0 Å². The van der Waals surface area contributed by atoms with Gasteiger partial charge in [-0.2, -0.15) is 13.2 Å². The number of hydrogen-bond acceptors (Lipinski definition) is 5. The summed E-state index contributed by atoms with van der Waals surface area (Å²) in [6, 6.07) is 8.42. The van der Waals surface area contributed by atoms with Crippen LogP contribution in [0.2, 0.25) is 0 Å². The van der Waals surface area contributed by atoms with Crippen molar-refractivity contribution in [3.8, 4) is 0 Å². The molecule has 0 spiro atoms. The van der Waals surface area contributed by atoms with Crippen molar-refractivity contribution in [3.63, 3.8) is 0 Å². The minimum Gasteiger partial charge on any atom is -0.348 e. The summed E-state index contributed by atoms with van der Waals surface area (Å²) >= 11 is 0. The maximum Gasteiger partial charge on any atom is 0.391 e. The van der Waals surface area contributed by atoms with E-state index in [9.17, 15) is 26.4 Å². The fourth-order valence-electron chi connectivity index (χ4n) is 5.71. The summed E-state index contributed by atoms with van der Waals surface area (Å²) in [6.07, 6.45) is -0.974. The van der Waals surface area contributed by atoms with E-state index in [2.05, 4.69) is 29.0 Å². The van der Waals surface area contributed by atoms with Crippen molar-refractivity contribution in [2.75, 3.05) is 12.3 Å². The number of hydrogen-bond donors (Lipinski definition) is 1. The highest BCUT2D eigenvalue weighted by atomic mass is 32.2. The van der Waals surface area contributed by atoms with Gasteiger partial charge in [0.2, 0.25) is 0 Å². The highest BCUT2D eigenvalue weighted by Gasteiger charge is 2.42. The van der Waals surface area contributed by atoms with Crippen molar-refractivity contribution in [1.29, 1.82) is 0 Å². The molecule has 2 aliphatic rings. The number of nitrogens with zero attached hydrogens (tertiary/aromatic N) is 2. The van der Waals surface area contributed by atoms with Crippen LogP contribution in [0, 0.1) is 17.8 Å². The third-order valence-corrected chi connectivity index (χ3v) is 9.61. The maximum absolute atomic E-state index is 13.1. The van der Waals surface area contributed by atoms with Crippen LogP contribution in [0.25, 0.3) is 0 Å². The highest BCUT2D eigenvalue weighted by Crippen LogP contribution is 2.43. The van der Waals surface area contributed by atoms with Crippen molar-refractivity contribution >= 4 is 15.7 Å². The van der Waals surface area contributed by atoms with Crippen LogP contribution in [0.15, 0.2) is 41.4 Å². The average molecular weight is 552 g/mol. The summed E-state index contributed by atoms with van der Waals surface area (Å²) in [6.45, 7) is 7.44. The molecule has 1 atom stereocenters. The van der Waals surface area contributed by atoms with Gasteiger partial charge >= 0.3 is 6.18 Å². The second kappa shape index (κ2) is 11.3. The van der Waals surface area contributed by atoms with Crippen LogP contribution in [-0.4, -0.2) is 42.7 Å². The normalized spacial score (nSPS) is 22.4. The summed E-state index contributed by atoms with van der Waals surface area (Å²) in [4.78, 5) is 20.1. The Balaban J connectivity index is 1.38. The summed E-state index contributed by atoms with van der Waals surface area (Å²) in [5.41, 5.74) is 3.15. The molecule has 2 aromatic rings. The number of halogens is 3. The van der Waals surface area contributed by atoms with Gasteiger partial charge in [0.05, 0.1) is 33.9 Å². The lowest BCUT2D eigenvalue weighted by atomic mass is 9.81. The molecule has 6 nitrogen and oxygen atoms in total. The Morgan fingerprint density at radius 1 is 1.13 bits per heavy atom. The molecular formula is C28H36F3N3O3S. The van der Waals surface area contributed by atoms with E-state index in [1.807, 2.05) is 6.07 Å². The largest absolute Gasteiger partial charge is 0.391 e. The van der Waals surface area contributed by atoms with Crippen LogP contribution in [0.5, 0.6) is 0 Å². The van der Waals surface area contributed by atoms with E-state index in [1.165, 1.54) is 0 Å². The van der Waals surface area contributed by atoms with E-state index < -0.39 is 21.9 Å². The second-order valence-corrected chi connectivity index (χ2v) is 13.2. The number of nitrogens with one attached hydrogen (secondary N) is 1. The van der Waals surface area contributed by atoms with Crippen molar-refractivity contribution in [3.05, 3.63) is 58.9 Å². The van der Waals surface area contributed by atoms with Gasteiger partial charge in [-0.05, 0) is 66.8 Å². The molecule has 0 bridgehead atoms. The molecule has 1 saturated carbocycles. The highest BCUT2D eigenvalue weighted by molar-refractivity contribution is 7.91. The zero-order valence-electron chi connectivity index (χ0n) is 22.1. The molecule has 0 unspecified atom stereocenters. The molecule has 1 N–H and O–H groups in total. The van der Waals surface area contributed by atoms with Gasteiger partial charge in [-0.15, -0.1) is 0 Å². The summed E-state index contributed by atoms with van der Waals surface area (Å²) in [7, 11) is -3.27. The molecule has 1 amide bonds. The first-order valence-corrected chi connectivity index (χ1v) is 14.9. The molecule has 1 aliphatic heterocycles. The summed E-state index contributed by atoms with van der Waals surface area (Å²) < 4.78 is 63.2. The predicted octanol–water partition coefficient (Wildman–Crippen LogP) is 5.69. The molecule has 1 fully saturated rings. The van der Waals surface area contributed by atoms with Crippen molar-refractivity contribution in [2.45, 2.75) is 76.7 Å². The first kappa shape index (κ1) is 28.5. The van der Waals surface area contributed by atoms with Crippen LogP contribution < -0.4 is 5.32 Å². The van der Waals surface area contributed by atoms with Crippen molar-refractivity contribution < 1.29 is 26.4 Å². The molecule has 0 radical (unpaired) electrons. The third kappa shape index (κ3) is 6.39. The van der Waals surface area contributed by atoms with E-state index in [1.54, 1.807) is 37.4 Å². The van der Waals surface area contributed by atoms with Gasteiger partial charge in [-0.25, -0.2) is 8.42 Å². The van der Waals surface area contributed by atoms with E-state index in [0.717, 1.165) is 23.4 Å². The second-order valence-electron chi connectivity index (χ2n) is 10.9. The molecule has 10 heteroatoms. The number of fused-ring (bicyclic) bond motifs is 1. The van der Waals surface area contributed by atoms with Gasteiger partial charge in [0.1, 0.15) is 0 Å². The zero-order chi connectivity index (χ0) is 27.7. The SMILES string of the molecule is CCS(=O)(=O)c1ccc(CNC(=O)c2cnc3c(c2)CN(CC2CCC(C(F)(F)F)CC2)[C@@H]3C(C)C)cc1. The first-order valence-electron chi connectivity index (χ1n) is 13.3. The topological polar surface area (TPSA) is 79.4 Å². The molecule has 1 aromatic carbocycles. The lowest BCUT2D eigenvalue weighted by molar-refractivity contribution is -0.184. The lowest BCUT2D eigenvalue weighted by Crippen LogP contribution is -2.35. The fraction of sp³-hybridized carbons (Fsp3) is 0.571. The molecule has 38 heavy (non-hydrogen) atoms. The average Bonchev–Trinajstić information content (AvgIpc) is 3.24. The Kier molecular flexibility index (Phi) is 8.52. The van der Waals surface area contributed by atoms with E-state index >= 15 is 0 Å². The number of carbonyl (C=O) groups is 1. The zero-order valence-corrected chi connectivity index (χ0v) is 22.9. The smallest absolute Gasteiger partial charge is 0.348 e. The Bertz CT molecular complexity index is 1240. The van der Waals surface area contributed by atoms with Crippen molar-refractivity contribution in [2.24, 2.45) is 17.8 Å². The number of alkyl halides is 3. The Labute approximate surface area is 222 Å². The lowest BCUT2D eigenvalue weighted by Gasteiger charge is -2.35. The van der Waals surface area contributed by atoms with Gasteiger partial charge in [0.25, 0.3) is 5.91 Å². The van der Waals surface area contributed by atoms with Gasteiger partial charge < -0.3 is 5.32 Å². The van der Waals surface area contributed by atoms with Crippen LogP contribution in [0.1, 0.15) is 79.7 Å². The van der Waals surface area contributed by atoms with Gasteiger partial charge in [0.15, 0.2) is 9.84 Å². The summed E-state index contributed by atoms with van der Waals surface area (Å²) in [5, 5.41) is 2.87. The molecule has 1 aromatic heterocycles. The monoisotopic (exact) mass is 551 g/mol. The number of sulfone groups is 1. The number of pyridine rings is 1. The molecular weight excluding hydrogens is 515 g/mol. The molecule has 2 heterocycles. The Hall–Kier alpha value is -2.46. The Morgan fingerprint density at radius 2 is 1.79 bits per heavy atom. The molecule has 1 aliphatic carbocycles. The van der Waals surface area contributed by atoms with Gasteiger partial charge in [-0.1, -0.05) is 32.9 Å². The van der Waals surface area contributed by atoms with Gasteiger partial charge in [0, 0.05) is 25.8 Å². The number of benzene rings is 1. The van der Waals surface area contributed by atoms with Crippen molar-refractivity contribution in [1.82, 2.24) is 15.2 Å². The van der Waals surface area contributed by atoms with E-state index in [0.29, 0.717) is 24.9 Å². The standard InChI is InChI=1S/C28H36F3N3O3S/c1-4-38(36,37)24-11-7-19(8-12-24)14-33-27(35)21-13-22-17-34(26(18(2)3)25(22)32-15-21)16-20-5-9-23(10-6-20)28(29,30)31/h7-8,11-13,15,18,20,23,26H,4-6,9-10,14,16-17H2,1-3H3,(H,33,35)/t20?,23?,26-/m1/s1. The van der Waals surface area contributed by atoms with Crippen LogP contribution in [0.4, 0.5) is 13.2 Å². The minimum absolute atomic E-state index is 0.0304. The van der Waals surface area contributed by atoms with Crippen LogP contribution >= 0.6 is 0 Å². The number of rotatable bonds is 8. The predicted molar refractivity (Wildman–Crippen MR) is 139 cm³/mol. The number of carbonyl (C=O) groups excluding carboxylic acids is 1.